The second-order valence-corrected chi connectivity index (χ2v) is 6.02. The van der Waals surface area contributed by atoms with Crippen LogP contribution in [0.5, 0.6) is 0 Å². The lowest BCUT2D eigenvalue weighted by molar-refractivity contribution is 0.164. The van der Waals surface area contributed by atoms with Crippen LogP contribution in [-0.2, 0) is 9.84 Å². The van der Waals surface area contributed by atoms with Gasteiger partial charge in [-0.3, -0.25) is 0 Å². The highest BCUT2D eigenvalue weighted by molar-refractivity contribution is 7.91. The first-order valence-electron chi connectivity index (χ1n) is 5.15. The van der Waals surface area contributed by atoms with E-state index in [1.165, 1.54) is 12.1 Å². The Morgan fingerprint density at radius 1 is 1.31 bits per heavy atom. The van der Waals surface area contributed by atoms with E-state index in [4.69, 9.17) is 5.73 Å². The molecule has 0 radical (unpaired) electrons. The molecular formula is C11H17NO3S. The molecule has 0 heterocycles. The molecule has 0 saturated carbocycles. The fourth-order valence-electron chi connectivity index (χ4n) is 1.34. The highest BCUT2D eigenvalue weighted by Crippen LogP contribution is 2.18. The minimum atomic E-state index is -3.16. The Bertz CT molecular complexity index is 437. The van der Waals surface area contributed by atoms with Gasteiger partial charge in [-0.05, 0) is 24.6 Å². The Hall–Kier alpha value is -0.910. The zero-order valence-corrected chi connectivity index (χ0v) is 10.2. The summed E-state index contributed by atoms with van der Waals surface area (Å²) in [6.45, 7) is 3.20. The quantitative estimate of drug-likeness (QED) is 0.822. The number of hydrogen-bond acceptors (Lipinski definition) is 4. The minimum Gasteiger partial charge on any atom is -0.391 e. The maximum Gasteiger partial charge on any atom is 0.178 e. The van der Waals surface area contributed by atoms with Crippen molar-refractivity contribution in [2.24, 2.45) is 5.73 Å². The summed E-state index contributed by atoms with van der Waals surface area (Å²) >= 11 is 0. The van der Waals surface area contributed by atoms with Crippen molar-refractivity contribution in [1.29, 1.82) is 0 Å². The molecule has 3 N–H and O–H groups in total. The third-order valence-corrected chi connectivity index (χ3v) is 4.27. The third-order valence-electron chi connectivity index (χ3n) is 2.52. The summed E-state index contributed by atoms with van der Waals surface area (Å²) in [6.07, 6.45) is -0.659. The van der Waals surface area contributed by atoms with Crippen LogP contribution >= 0.6 is 0 Å². The van der Waals surface area contributed by atoms with Gasteiger partial charge in [-0.2, -0.15) is 0 Å². The molecule has 0 saturated heterocycles. The average Bonchev–Trinajstić information content (AvgIpc) is 2.28. The number of aliphatic hydroxyl groups excluding tert-OH is 1. The fraction of sp³-hybridized carbons (Fsp3) is 0.455. The van der Waals surface area contributed by atoms with E-state index in [2.05, 4.69) is 0 Å². The van der Waals surface area contributed by atoms with E-state index < -0.39 is 22.0 Å². The molecule has 0 aromatic heterocycles. The van der Waals surface area contributed by atoms with Crippen molar-refractivity contribution in [3.8, 4) is 0 Å². The summed E-state index contributed by atoms with van der Waals surface area (Å²) in [4.78, 5) is 0.288. The topological polar surface area (TPSA) is 80.4 Å². The van der Waals surface area contributed by atoms with Crippen LogP contribution in [0.1, 0.15) is 25.5 Å². The predicted octanol–water partition coefficient (Wildman–Crippen LogP) is 0.861. The van der Waals surface area contributed by atoms with Crippen molar-refractivity contribution in [2.75, 3.05) is 5.75 Å². The van der Waals surface area contributed by atoms with Gasteiger partial charge in [0, 0.05) is 0 Å². The maximum absolute atomic E-state index is 11.5. The van der Waals surface area contributed by atoms with Crippen molar-refractivity contribution >= 4 is 9.84 Å². The third kappa shape index (κ3) is 2.81. The van der Waals surface area contributed by atoms with Crippen molar-refractivity contribution < 1.29 is 13.5 Å². The molecule has 0 amide bonds. The predicted molar refractivity (Wildman–Crippen MR) is 62.8 cm³/mol. The van der Waals surface area contributed by atoms with Crippen LogP contribution in [0.3, 0.4) is 0 Å². The van der Waals surface area contributed by atoms with Crippen LogP contribution in [0.4, 0.5) is 0 Å². The number of hydrogen-bond donors (Lipinski definition) is 2. The summed E-state index contributed by atoms with van der Waals surface area (Å²) in [5, 5.41) is 9.31. The van der Waals surface area contributed by atoms with E-state index in [0.717, 1.165) is 5.56 Å². The highest BCUT2D eigenvalue weighted by atomic mass is 32.2. The van der Waals surface area contributed by atoms with Gasteiger partial charge in [0.05, 0.1) is 22.8 Å². The van der Waals surface area contributed by atoms with E-state index in [1.807, 2.05) is 0 Å². The second kappa shape index (κ2) is 4.95. The first kappa shape index (κ1) is 13.2. The van der Waals surface area contributed by atoms with Gasteiger partial charge >= 0.3 is 0 Å². The lowest BCUT2D eigenvalue weighted by atomic mass is 10.0. The van der Waals surface area contributed by atoms with Gasteiger partial charge in [-0.25, -0.2) is 8.42 Å². The molecule has 0 spiro atoms. The van der Waals surface area contributed by atoms with Gasteiger partial charge in [0.15, 0.2) is 9.84 Å². The van der Waals surface area contributed by atoms with Crippen LogP contribution in [0, 0.1) is 0 Å². The minimum absolute atomic E-state index is 0.0782. The molecule has 0 unspecified atom stereocenters. The monoisotopic (exact) mass is 243 g/mol. The molecule has 90 valence electrons. The Kier molecular flexibility index (Phi) is 4.07. The van der Waals surface area contributed by atoms with Crippen LogP contribution in [-0.4, -0.2) is 25.4 Å². The summed E-state index contributed by atoms with van der Waals surface area (Å²) in [5.74, 6) is 0.0782. The Balaban J connectivity index is 3.01. The molecule has 0 aliphatic carbocycles. The SMILES string of the molecule is CCS(=O)(=O)c1ccc([C@@H](N)[C@@H](C)O)cc1. The summed E-state index contributed by atoms with van der Waals surface area (Å²) < 4.78 is 23.1. The normalized spacial score (nSPS) is 15.8. The molecule has 5 heteroatoms. The van der Waals surface area contributed by atoms with E-state index in [1.54, 1.807) is 26.0 Å². The molecule has 0 bridgehead atoms. The molecule has 1 aromatic carbocycles. The van der Waals surface area contributed by atoms with Gasteiger partial charge in [0.2, 0.25) is 0 Å². The van der Waals surface area contributed by atoms with Crippen molar-refractivity contribution in [2.45, 2.75) is 30.9 Å². The fourth-order valence-corrected chi connectivity index (χ4v) is 2.23. The largest absolute Gasteiger partial charge is 0.391 e. The van der Waals surface area contributed by atoms with Crippen LogP contribution in [0.15, 0.2) is 29.2 Å². The van der Waals surface area contributed by atoms with Gasteiger partial charge in [0.1, 0.15) is 0 Å². The Morgan fingerprint density at radius 3 is 2.19 bits per heavy atom. The molecule has 1 rings (SSSR count). The van der Waals surface area contributed by atoms with Crippen LogP contribution < -0.4 is 5.73 Å². The van der Waals surface area contributed by atoms with Gasteiger partial charge in [0.25, 0.3) is 0 Å². The zero-order valence-electron chi connectivity index (χ0n) is 9.42. The number of benzene rings is 1. The van der Waals surface area contributed by atoms with Crippen molar-refractivity contribution in [1.82, 2.24) is 0 Å². The first-order valence-corrected chi connectivity index (χ1v) is 6.80. The Morgan fingerprint density at radius 2 is 1.81 bits per heavy atom. The zero-order chi connectivity index (χ0) is 12.3. The second-order valence-electron chi connectivity index (χ2n) is 3.74. The molecule has 4 nitrogen and oxygen atoms in total. The summed E-state index contributed by atoms with van der Waals surface area (Å²) in [7, 11) is -3.16. The lowest BCUT2D eigenvalue weighted by Gasteiger charge is -2.15. The highest BCUT2D eigenvalue weighted by Gasteiger charge is 2.14. The molecule has 2 atom stereocenters. The van der Waals surface area contributed by atoms with E-state index in [-0.39, 0.29) is 10.6 Å². The van der Waals surface area contributed by atoms with Crippen LogP contribution in [0.2, 0.25) is 0 Å². The molecular weight excluding hydrogens is 226 g/mol. The van der Waals surface area contributed by atoms with E-state index >= 15 is 0 Å². The lowest BCUT2D eigenvalue weighted by Crippen LogP contribution is -2.23. The number of rotatable bonds is 4. The molecule has 0 fully saturated rings. The summed E-state index contributed by atoms with van der Waals surface area (Å²) in [6, 6.07) is 5.84. The smallest absolute Gasteiger partial charge is 0.178 e. The van der Waals surface area contributed by atoms with Crippen molar-refractivity contribution in [3.05, 3.63) is 29.8 Å². The maximum atomic E-state index is 11.5. The average molecular weight is 243 g/mol. The summed E-state index contributed by atoms with van der Waals surface area (Å²) in [5.41, 5.74) is 6.46. The molecule has 0 aliphatic rings. The van der Waals surface area contributed by atoms with Crippen LogP contribution in [0.25, 0.3) is 0 Å². The number of nitrogens with two attached hydrogens (primary N) is 1. The Labute approximate surface area is 96.0 Å². The first-order chi connectivity index (χ1) is 7.38. The molecule has 16 heavy (non-hydrogen) atoms. The van der Waals surface area contributed by atoms with E-state index in [9.17, 15) is 13.5 Å². The number of sulfone groups is 1. The van der Waals surface area contributed by atoms with E-state index in [0.29, 0.717) is 0 Å². The molecule has 1 aromatic rings. The molecule has 0 aliphatic heterocycles. The standard InChI is InChI=1S/C11H17NO3S/c1-3-16(14,15)10-6-4-9(5-7-10)11(12)8(2)13/h4-8,11,13H,3,12H2,1-2H3/t8-,11+/m1/s1. The van der Waals surface area contributed by atoms with Gasteiger partial charge in [-0.15, -0.1) is 0 Å². The number of aliphatic hydroxyl groups is 1. The van der Waals surface area contributed by atoms with Crippen molar-refractivity contribution in [3.63, 3.8) is 0 Å². The van der Waals surface area contributed by atoms with Gasteiger partial charge in [-0.1, -0.05) is 19.1 Å². The van der Waals surface area contributed by atoms with Gasteiger partial charge < -0.3 is 10.8 Å².